The quantitative estimate of drug-likeness (QED) is 0.769. The second kappa shape index (κ2) is 9.72. The predicted octanol–water partition coefficient (Wildman–Crippen LogP) is 2.68. The van der Waals surface area contributed by atoms with Gasteiger partial charge < -0.3 is 10.6 Å². The zero-order chi connectivity index (χ0) is 12.7. The van der Waals surface area contributed by atoms with Gasteiger partial charge in [-0.1, -0.05) is 27.7 Å². The van der Waals surface area contributed by atoms with E-state index in [-0.39, 0.29) is 24.4 Å². The van der Waals surface area contributed by atoms with E-state index in [0.29, 0.717) is 18.3 Å². The van der Waals surface area contributed by atoms with E-state index in [9.17, 15) is 4.79 Å². The van der Waals surface area contributed by atoms with Crippen LogP contribution in [0.1, 0.15) is 47.0 Å². The molecule has 0 saturated heterocycles. The molecule has 0 spiro atoms. The van der Waals surface area contributed by atoms with Crippen molar-refractivity contribution < 1.29 is 4.79 Å². The van der Waals surface area contributed by atoms with Crippen LogP contribution in [-0.2, 0) is 4.79 Å². The van der Waals surface area contributed by atoms with Crippen LogP contribution in [0.3, 0.4) is 0 Å². The summed E-state index contributed by atoms with van der Waals surface area (Å²) in [6.45, 7) is 9.29. The lowest BCUT2D eigenvalue weighted by Crippen LogP contribution is -2.34. The minimum Gasteiger partial charge on any atom is -0.346 e. The molecular formula is C13H29ClN2O. The lowest BCUT2D eigenvalue weighted by atomic mass is 10.0. The first-order valence-corrected chi connectivity index (χ1v) is 6.34. The molecule has 0 aliphatic heterocycles. The number of hydrogen-bond donors (Lipinski definition) is 1. The third-order valence-electron chi connectivity index (χ3n) is 3.02. The molecule has 0 rings (SSSR count). The summed E-state index contributed by atoms with van der Waals surface area (Å²) in [7, 11) is 1.87. The van der Waals surface area contributed by atoms with Crippen molar-refractivity contribution in [3.05, 3.63) is 0 Å². The Hall–Kier alpha value is -0.280. The number of rotatable bonds is 7. The minimum atomic E-state index is 0. The largest absolute Gasteiger partial charge is 0.346 e. The molecule has 0 radical (unpaired) electrons. The summed E-state index contributed by atoms with van der Waals surface area (Å²) in [5.41, 5.74) is 5.95. The third kappa shape index (κ3) is 9.42. The summed E-state index contributed by atoms with van der Waals surface area (Å²) in [6.07, 6.45) is 2.52. The van der Waals surface area contributed by atoms with E-state index < -0.39 is 0 Å². The van der Waals surface area contributed by atoms with Gasteiger partial charge in [-0.2, -0.15) is 0 Å². The average Bonchev–Trinajstić information content (AvgIpc) is 2.21. The van der Waals surface area contributed by atoms with Crippen molar-refractivity contribution in [2.75, 3.05) is 13.6 Å². The number of nitrogens with zero attached hydrogens (tertiary/aromatic N) is 1. The van der Waals surface area contributed by atoms with Gasteiger partial charge >= 0.3 is 0 Å². The minimum absolute atomic E-state index is 0. The Morgan fingerprint density at radius 1 is 1.18 bits per heavy atom. The first-order valence-electron chi connectivity index (χ1n) is 6.34. The van der Waals surface area contributed by atoms with Gasteiger partial charge in [-0.3, -0.25) is 4.79 Å². The Balaban J connectivity index is 0. The molecule has 17 heavy (non-hydrogen) atoms. The van der Waals surface area contributed by atoms with Gasteiger partial charge in [-0.25, -0.2) is 0 Å². The second-order valence-corrected chi connectivity index (χ2v) is 5.44. The van der Waals surface area contributed by atoms with Crippen molar-refractivity contribution >= 4 is 18.3 Å². The van der Waals surface area contributed by atoms with Crippen molar-refractivity contribution in [2.24, 2.45) is 17.6 Å². The molecule has 1 atom stereocenters. The van der Waals surface area contributed by atoms with E-state index in [0.717, 1.165) is 19.4 Å². The SMILES string of the molecule is CC(C)CCC(=O)N(C)CCC(N)C(C)C.Cl. The molecule has 4 heteroatoms. The Kier molecular flexibility index (Phi) is 10.9. The average molecular weight is 265 g/mol. The molecule has 3 nitrogen and oxygen atoms in total. The molecule has 0 saturated carbocycles. The second-order valence-electron chi connectivity index (χ2n) is 5.44. The van der Waals surface area contributed by atoms with Gasteiger partial charge in [0, 0.05) is 26.1 Å². The summed E-state index contributed by atoms with van der Waals surface area (Å²) in [5.74, 6) is 1.32. The van der Waals surface area contributed by atoms with E-state index in [1.54, 1.807) is 0 Å². The van der Waals surface area contributed by atoms with E-state index in [1.807, 2.05) is 11.9 Å². The van der Waals surface area contributed by atoms with Crippen LogP contribution < -0.4 is 5.73 Å². The van der Waals surface area contributed by atoms with Crippen LogP contribution in [0.5, 0.6) is 0 Å². The van der Waals surface area contributed by atoms with Gasteiger partial charge in [-0.05, 0) is 24.7 Å². The zero-order valence-electron chi connectivity index (χ0n) is 11.9. The third-order valence-corrected chi connectivity index (χ3v) is 3.02. The summed E-state index contributed by atoms with van der Waals surface area (Å²) in [4.78, 5) is 13.5. The molecule has 0 heterocycles. The highest BCUT2D eigenvalue weighted by Crippen LogP contribution is 2.07. The van der Waals surface area contributed by atoms with Gasteiger partial charge in [0.1, 0.15) is 0 Å². The summed E-state index contributed by atoms with van der Waals surface area (Å²) >= 11 is 0. The molecular weight excluding hydrogens is 236 g/mol. The Labute approximate surface area is 113 Å². The van der Waals surface area contributed by atoms with Crippen LogP contribution >= 0.6 is 12.4 Å². The fourth-order valence-electron chi connectivity index (χ4n) is 1.40. The van der Waals surface area contributed by atoms with Gasteiger partial charge in [0.05, 0.1) is 0 Å². The number of nitrogens with two attached hydrogens (primary N) is 1. The fraction of sp³-hybridized carbons (Fsp3) is 0.923. The molecule has 0 fully saturated rings. The number of amides is 1. The van der Waals surface area contributed by atoms with E-state index in [2.05, 4.69) is 27.7 Å². The maximum Gasteiger partial charge on any atom is 0.222 e. The zero-order valence-corrected chi connectivity index (χ0v) is 12.7. The standard InChI is InChI=1S/C13H28N2O.ClH/c1-10(2)6-7-13(16)15(5)9-8-12(14)11(3)4;/h10-12H,6-9,14H2,1-5H3;1H. The van der Waals surface area contributed by atoms with Crippen LogP contribution in [0.25, 0.3) is 0 Å². The number of hydrogen-bond acceptors (Lipinski definition) is 2. The van der Waals surface area contributed by atoms with Crippen molar-refractivity contribution in [1.82, 2.24) is 4.90 Å². The van der Waals surface area contributed by atoms with Crippen LogP contribution in [0.4, 0.5) is 0 Å². The Morgan fingerprint density at radius 2 is 1.71 bits per heavy atom. The highest BCUT2D eigenvalue weighted by molar-refractivity contribution is 5.85. The van der Waals surface area contributed by atoms with Crippen LogP contribution in [0.15, 0.2) is 0 Å². The van der Waals surface area contributed by atoms with Crippen molar-refractivity contribution in [3.8, 4) is 0 Å². The molecule has 104 valence electrons. The molecule has 1 unspecified atom stereocenters. The summed E-state index contributed by atoms with van der Waals surface area (Å²) in [6, 6.07) is 0.195. The molecule has 2 N–H and O–H groups in total. The topological polar surface area (TPSA) is 46.3 Å². The van der Waals surface area contributed by atoms with Crippen molar-refractivity contribution in [2.45, 2.75) is 53.0 Å². The predicted molar refractivity (Wildman–Crippen MR) is 76.4 cm³/mol. The van der Waals surface area contributed by atoms with E-state index in [4.69, 9.17) is 5.73 Å². The van der Waals surface area contributed by atoms with Gasteiger partial charge in [0.15, 0.2) is 0 Å². The van der Waals surface area contributed by atoms with Crippen molar-refractivity contribution in [1.29, 1.82) is 0 Å². The molecule has 1 amide bonds. The number of carbonyl (C=O) groups excluding carboxylic acids is 1. The van der Waals surface area contributed by atoms with E-state index >= 15 is 0 Å². The van der Waals surface area contributed by atoms with Gasteiger partial charge in [0.25, 0.3) is 0 Å². The normalized spacial score (nSPS) is 12.5. The van der Waals surface area contributed by atoms with Crippen LogP contribution in [0.2, 0.25) is 0 Å². The maximum absolute atomic E-state index is 11.7. The molecule has 0 aliphatic rings. The van der Waals surface area contributed by atoms with Gasteiger partial charge in [0.2, 0.25) is 5.91 Å². The Morgan fingerprint density at radius 3 is 2.12 bits per heavy atom. The fourth-order valence-corrected chi connectivity index (χ4v) is 1.40. The lowest BCUT2D eigenvalue weighted by Gasteiger charge is -2.21. The highest BCUT2D eigenvalue weighted by atomic mass is 35.5. The molecule has 0 aromatic heterocycles. The highest BCUT2D eigenvalue weighted by Gasteiger charge is 2.12. The molecule has 0 bridgehead atoms. The van der Waals surface area contributed by atoms with Crippen LogP contribution in [0, 0.1) is 11.8 Å². The summed E-state index contributed by atoms with van der Waals surface area (Å²) < 4.78 is 0. The smallest absolute Gasteiger partial charge is 0.222 e. The molecule has 0 aromatic carbocycles. The first kappa shape index (κ1) is 19.1. The monoisotopic (exact) mass is 264 g/mol. The number of halogens is 1. The van der Waals surface area contributed by atoms with Crippen LogP contribution in [-0.4, -0.2) is 30.4 Å². The van der Waals surface area contributed by atoms with Crippen molar-refractivity contribution in [3.63, 3.8) is 0 Å². The Bertz CT molecular complexity index is 208. The van der Waals surface area contributed by atoms with E-state index in [1.165, 1.54) is 0 Å². The van der Waals surface area contributed by atoms with Gasteiger partial charge in [-0.15, -0.1) is 12.4 Å². The lowest BCUT2D eigenvalue weighted by molar-refractivity contribution is -0.130. The number of carbonyl (C=O) groups is 1. The molecule has 0 aromatic rings. The summed E-state index contributed by atoms with van der Waals surface area (Å²) in [5, 5.41) is 0. The first-order chi connectivity index (χ1) is 7.34. The molecule has 0 aliphatic carbocycles. The maximum atomic E-state index is 11.7.